The van der Waals surface area contributed by atoms with E-state index in [0.29, 0.717) is 29.4 Å². The van der Waals surface area contributed by atoms with E-state index >= 15 is 0 Å². The molecule has 0 spiro atoms. The van der Waals surface area contributed by atoms with Gasteiger partial charge < -0.3 is 19.2 Å². The molecule has 1 fully saturated rings. The van der Waals surface area contributed by atoms with Crippen molar-refractivity contribution in [1.29, 1.82) is 0 Å². The Hall–Kier alpha value is -3.46. The fourth-order valence-electron chi connectivity index (χ4n) is 2.63. The lowest BCUT2D eigenvalue weighted by molar-refractivity contribution is -0.129. The van der Waals surface area contributed by atoms with E-state index in [-0.39, 0.29) is 18.0 Å². The first kappa shape index (κ1) is 21.3. The highest BCUT2D eigenvalue weighted by Crippen LogP contribution is 2.34. The molecule has 0 saturated carbocycles. The van der Waals surface area contributed by atoms with Crippen molar-refractivity contribution in [3.05, 3.63) is 65.5 Å². The second-order valence-electron chi connectivity index (χ2n) is 6.13. The maximum Gasteiger partial charge on any atom is 0.294 e. The first-order chi connectivity index (χ1) is 14.5. The zero-order chi connectivity index (χ0) is 21.5. The summed E-state index contributed by atoms with van der Waals surface area (Å²) in [5.74, 6) is 0.620. The summed E-state index contributed by atoms with van der Waals surface area (Å²) in [6, 6.07) is 8.56. The third kappa shape index (κ3) is 5.12. The third-order valence-corrected chi connectivity index (χ3v) is 4.96. The molecule has 3 amide bonds. The van der Waals surface area contributed by atoms with Gasteiger partial charge >= 0.3 is 0 Å². The van der Waals surface area contributed by atoms with E-state index in [1.807, 2.05) is 0 Å². The number of rotatable bonds is 9. The standard InChI is InChI=1S/C21H20N2O6S/c1-3-8-29-16-7-6-14(10-17(16)27-2)11-18-20(25)23(21(26)30-18)13-19(24)22-12-15-5-4-9-28-15/h3-7,9-11H,1,8,12-13H2,2H3,(H,22,24)/b18-11-. The Kier molecular flexibility index (Phi) is 6.97. The normalized spacial score (nSPS) is 14.8. The predicted molar refractivity (Wildman–Crippen MR) is 112 cm³/mol. The SMILES string of the molecule is C=CCOc1ccc(/C=C2\SC(=O)N(CC(=O)NCc3ccco3)C2=O)cc1OC. The number of hydrogen-bond acceptors (Lipinski definition) is 7. The van der Waals surface area contributed by atoms with Crippen molar-refractivity contribution < 1.29 is 28.3 Å². The number of benzene rings is 1. The Balaban J connectivity index is 1.66. The molecule has 2 aromatic rings. The van der Waals surface area contributed by atoms with Crippen LogP contribution in [0.3, 0.4) is 0 Å². The minimum absolute atomic E-state index is 0.179. The molecule has 8 nitrogen and oxygen atoms in total. The number of hydrogen-bond donors (Lipinski definition) is 1. The molecular weight excluding hydrogens is 408 g/mol. The van der Waals surface area contributed by atoms with E-state index in [1.54, 1.807) is 42.5 Å². The molecule has 3 rings (SSSR count). The molecule has 1 aliphatic rings. The van der Waals surface area contributed by atoms with Crippen LogP contribution < -0.4 is 14.8 Å². The van der Waals surface area contributed by atoms with E-state index in [0.717, 1.165) is 16.7 Å². The van der Waals surface area contributed by atoms with Crippen molar-refractivity contribution in [2.75, 3.05) is 20.3 Å². The number of nitrogens with zero attached hydrogens (tertiary/aromatic N) is 1. The van der Waals surface area contributed by atoms with Gasteiger partial charge in [0.05, 0.1) is 24.8 Å². The van der Waals surface area contributed by atoms with E-state index in [2.05, 4.69) is 11.9 Å². The average molecular weight is 428 g/mol. The van der Waals surface area contributed by atoms with Crippen molar-refractivity contribution in [2.45, 2.75) is 6.54 Å². The minimum atomic E-state index is -0.524. The van der Waals surface area contributed by atoms with E-state index in [4.69, 9.17) is 13.9 Å². The fourth-order valence-corrected chi connectivity index (χ4v) is 3.47. The summed E-state index contributed by atoms with van der Waals surface area (Å²) in [7, 11) is 1.51. The zero-order valence-electron chi connectivity index (χ0n) is 16.3. The molecule has 1 aromatic carbocycles. The van der Waals surface area contributed by atoms with Gasteiger partial charge in [-0.25, -0.2) is 0 Å². The van der Waals surface area contributed by atoms with Crippen molar-refractivity contribution in [2.24, 2.45) is 0 Å². The Morgan fingerprint density at radius 2 is 2.13 bits per heavy atom. The second-order valence-corrected chi connectivity index (χ2v) is 7.13. The van der Waals surface area contributed by atoms with Gasteiger partial charge in [-0.2, -0.15) is 0 Å². The van der Waals surface area contributed by atoms with Crippen LogP contribution in [0.2, 0.25) is 0 Å². The predicted octanol–water partition coefficient (Wildman–Crippen LogP) is 3.21. The van der Waals surface area contributed by atoms with Crippen LogP contribution in [-0.4, -0.2) is 42.2 Å². The van der Waals surface area contributed by atoms with Crippen molar-refractivity contribution in [1.82, 2.24) is 10.2 Å². The first-order valence-electron chi connectivity index (χ1n) is 8.98. The molecule has 0 atom stereocenters. The van der Waals surface area contributed by atoms with Crippen molar-refractivity contribution in [3.63, 3.8) is 0 Å². The van der Waals surface area contributed by atoms with Gasteiger partial charge in [0.25, 0.3) is 11.1 Å². The third-order valence-electron chi connectivity index (χ3n) is 4.06. The van der Waals surface area contributed by atoms with Crippen LogP contribution in [0.15, 0.2) is 58.6 Å². The van der Waals surface area contributed by atoms with E-state index in [1.165, 1.54) is 13.4 Å². The molecule has 1 N–H and O–H groups in total. The highest BCUT2D eigenvalue weighted by molar-refractivity contribution is 8.18. The number of nitrogens with one attached hydrogen (secondary N) is 1. The number of methoxy groups -OCH3 is 1. The Bertz CT molecular complexity index is 983. The summed E-state index contributed by atoms with van der Waals surface area (Å²) >= 11 is 0.781. The molecule has 9 heteroatoms. The Morgan fingerprint density at radius 3 is 2.83 bits per heavy atom. The van der Waals surface area contributed by atoms with Gasteiger partial charge in [0.15, 0.2) is 11.5 Å². The van der Waals surface area contributed by atoms with Crippen LogP contribution >= 0.6 is 11.8 Å². The van der Waals surface area contributed by atoms with Gasteiger partial charge in [0.1, 0.15) is 18.9 Å². The molecule has 2 heterocycles. The van der Waals surface area contributed by atoms with Gasteiger partial charge in [-0.05, 0) is 47.7 Å². The van der Waals surface area contributed by atoms with Crippen LogP contribution in [0, 0.1) is 0 Å². The van der Waals surface area contributed by atoms with E-state index in [9.17, 15) is 14.4 Å². The average Bonchev–Trinajstić information content (AvgIpc) is 3.35. The van der Waals surface area contributed by atoms with Gasteiger partial charge in [0, 0.05) is 0 Å². The summed E-state index contributed by atoms with van der Waals surface area (Å²) in [6.45, 7) is 3.75. The summed E-state index contributed by atoms with van der Waals surface area (Å²) in [5, 5.41) is 2.11. The van der Waals surface area contributed by atoms with Crippen LogP contribution in [0.1, 0.15) is 11.3 Å². The minimum Gasteiger partial charge on any atom is -0.493 e. The molecule has 0 unspecified atom stereocenters. The summed E-state index contributed by atoms with van der Waals surface area (Å²) in [6.07, 6.45) is 4.69. The maximum absolute atomic E-state index is 12.6. The van der Waals surface area contributed by atoms with Crippen LogP contribution in [0.5, 0.6) is 11.5 Å². The molecular formula is C21H20N2O6S. The summed E-state index contributed by atoms with van der Waals surface area (Å²) in [4.78, 5) is 38.1. The molecule has 0 aliphatic carbocycles. The zero-order valence-corrected chi connectivity index (χ0v) is 17.1. The summed E-state index contributed by atoms with van der Waals surface area (Å²) < 4.78 is 15.9. The second kappa shape index (κ2) is 9.84. The lowest BCUT2D eigenvalue weighted by Gasteiger charge is -2.12. The lowest BCUT2D eigenvalue weighted by atomic mass is 10.2. The number of amides is 3. The largest absolute Gasteiger partial charge is 0.493 e. The molecule has 30 heavy (non-hydrogen) atoms. The number of thioether (sulfide) groups is 1. The molecule has 1 saturated heterocycles. The Labute approximate surface area is 177 Å². The highest BCUT2D eigenvalue weighted by atomic mass is 32.2. The number of carbonyl (C=O) groups excluding carboxylic acids is 3. The number of carbonyl (C=O) groups is 3. The number of imide groups is 1. The smallest absolute Gasteiger partial charge is 0.294 e. The number of ether oxygens (including phenoxy) is 2. The molecule has 1 aliphatic heterocycles. The van der Waals surface area contributed by atoms with Gasteiger partial charge in [-0.3, -0.25) is 19.3 Å². The van der Waals surface area contributed by atoms with Gasteiger partial charge in [-0.15, -0.1) is 0 Å². The first-order valence-corrected chi connectivity index (χ1v) is 9.79. The van der Waals surface area contributed by atoms with Crippen molar-refractivity contribution >= 4 is 34.9 Å². The molecule has 0 radical (unpaired) electrons. The van der Waals surface area contributed by atoms with Gasteiger partial charge in [0.2, 0.25) is 5.91 Å². The maximum atomic E-state index is 12.6. The number of furan rings is 1. The van der Waals surface area contributed by atoms with Gasteiger partial charge in [-0.1, -0.05) is 18.7 Å². The highest BCUT2D eigenvalue weighted by Gasteiger charge is 2.36. The van der Waals surface area contributed by atoms with Crippen LogP contribution in [0.25, 0.3) is 6.08 Å². The molecule has 156 valence electrons. The fraction of sp³-hybridized carbons (Fsp3) is 0.190. The summed E-state index contributed by atoms with van der Waals surface area (Å²) in [5.41, 5.74) is 0.658. The van der Waals surface area contributed by atoms with E-state index < -0.39 is 17.1 Å². The van der Waals surface area contributed by atoms with Crippen LogP contribution in [0.4, 0.5) is 4.79 Å². The monoisotopic (exact) mass is 428 g/mol. The van der Waals surface area contributed by atoms with Crippen LogP contribution in [-0.2, 0) is 16.1 Å². The Morgan fingerprint density at radius 1 is 1.30 bits per heavy atom. The quantitative estimate of drug-likeness (QED) is 0.484. The topological polar surface area (TPSA) is 98.1 Å². The molecule has 0 bridgehead atoms. The molecule has 1 aromatic heterocycles. The van der Waals surface area contributed by atoms with Crippen molar-refractivity contribution in [3.8, 4) is 11.5 Å². The lowest BCUT2D eigenvalue weighted by Crippen LogP contribution is -2.39.